The van der Waals surface area contributed by atoms with Crippen LogP contribution >= 0.6 is 11.3 Å². The van der Waals surface area contributed by atoms with Crippen molar-refractivity contribution in [3.05, 3.63) is 57.5 Å². The molecule has 0 N–H and O–H groups in total. The van der Waals surface area contributed by atoms with Gasteiger partial charge >= 0.3 is 0 Å². The number of benzene rings is 1. The molecule has 0 spiro atoms. The van der Waals surface area contributed by atoms with Crippen LogP contribution in [0.15, 0.2) is 35.7 Å². The number of rotatable bonds is 9. The van der Waals surface area contributed by atoms with Crippen molar-refractivity contribution in [2.24, 2.45) is 5.92 Å². The van der Waals surface area contributed by atoms with Gasteiger partial charge < -0.3 is 4.74 Å². The fraction of sp³-hybridized carbons (Fsp3) is 0.560. The molecular weight excluding hydrogens is 411 g/mol. The predicted molar refractivity (Wildman–Crippen MR) is 123 cm³/mol. The lowest BCUT2D eigenvalue weighted by Crippen LogP contribution is -2.40. The highest BCUT2D eigenvalue weighted by Gasteiger charge is 2.25. The molecule has 2 aliphatic heterocycles. The fourth-order valence-electron chi connectivity index (χ4n) is 4.74. The number of thiophene rings is 1. The van der Waals surface area contributed by atoms with E-state index in [2.05, 4.69) is 15.2 Å². The molecule has 0 radical (unpaired) electrons. The monoisotopic (exact) mass is 444 g/mol. The summed E-state index contributed by atoms with van der Waals surface area (Å²) in [6, 6.07) is 9.15. The maximum absolute atomic E-state index is 14.0. The van der Waals surface area contributed by atoms with Crippen LogP contribution in [0.1, 0.15) is 53.4 Å². The van der Waals surface area contributed by atoms with E-state index in [9.17, 15) is 9.18 Å². The Kier molecular flexibility index (Phi) is 7.88. The number of ketones is 1. The average molecular weight is 445 g/mol. The first-order chi connectivity index (χ1) is 15.1. The molecule has 2 saturated heterocycles. The Balaban J connectivity index is 1.32. The summed E-state index contributed by atoms with van der Waals surface area (Å²) in [5.74, 6) is 0.682. The molecule has 0 aliphatic carbocycles. The van der Waals surface area contributed by atoms with Crippen LogP contribution in [0.4, 0.5) is 4.39 Å². The van der Waals surface area contributed by atoms with Crippen molar-refractivity contribution < 1.29 is 13.9 Å². The predicted octanol–water partition coefficient (Wildman–Crippen LogP) is 4.98. The third-order valence-electron chi connectivity index (χ3n) is 6.47. The lowest BCUT2D eigenvalue weighted by Gasteiger charge is -2.35. The SMILES string of the molecule is CC(=O)c1cc(CN(CC2CCN(Cc3ccccc3F)CC2)CC2CCCO2)cs1. The Morgan fingerprint density at radius 3 is 2.71 bits per heavy atom. The van der Waals surface area contributed by atoms with Gasteiger partial charge in [0, 0.05) is 38.3 Å². The lowest BCUT2D eigenvalue weighted by atomic mass is 9.95. The molecule has 0 saturated carbocycles. The van der Waals surface area contributed by atoms with Crippen molar-refractivity contribution in [3.8, 4) is 0 Å². The fourth-order valence-corrected chi connectivity index (χ4v) is 5.55. The van der Waals surface area contributed by atoms with E-state index in [0.29, 0.717) is 18.6 Å². The molecule has 1 unspecified atom stereocenters. The van der Waals surface area contributed by atoms with Crippen molar-refractivity contribution in [1.29, 1.82) is 0 Å². The summed E-state index contributed by atoms with van der Waals surface area (Å²) in [4.78, 5) is 17.4. The van der Waals surface area contributed by atoms with Crippen LogP contribution in [0.5, 0.6) is 0 Å². The summed E-state index contributed by atoms with van der Waals surface area (Å²) in [6.07, 6.45) is 4.89. The number of hydrogen-bond acceptors (Lipinski definition) is 5. The second kappa shape index (κ2) is 10.8. The van der Waals surface area contributed by atoms with E-state index >= 15 is 0 Å². The van der Waals surface area contributed by atoms with Crippen LogP contribution in [-0.4, -0.2) is 54.5 Å². The van der Waals surface area contributed by atoms with Gasteiger partial charge in [0.1, 0.15) is 5.82 Å². The zero-order chi connectivity index (χ0) is 21.6. The molecule has 3 heterocycles. The molecule has 31 heavy (non-hydrogen) atoms. The number of halogens is 1. The topological polar surface area (TPSA) is 32.8 Å². The van der Waals surface area contributed by atoms with Crippen molar-refractivity contribution >= 4 is 17.1 Å². The molecule has 6 heteroatoms. The smallest absolute Gasteiger partial charge is 0.169 e. The van der Waals surface area contributed by atoms with Gasteiger partial charge in [-0.05, 0) is 74.7 Å². The first kappa shape index (κ1) is 22.6. The Bertz CT molecular complexity index is 857. The molecule has 0 amide bonds. The normalized spacial score (nSPS) is 20.5. The summed E-state index contributed by atoms with van der Waals surface area (Å²) in [7, 11) is 0. The minimum absolute atomic E-state index is 0.104. The average Bonchev–Trinajstić information content (AvgIpc) is 3.43. The first-order valence-corrected chi connectivity index (χ1v) is 12.3. The number of carbonyl (C=O) groups is 1. The largest absolute Gasteiger partial charge is 0.377 e. The van der Waals surface area contributed by atoms with Crippen molar-refractivity contribution in [3.63, 3.8) is 0 Å². The van der Waals surface area contributed by atoms with E-state index in [-0.39, 0.29) is 11.6 Å². The highest BCUT2D eigenvalue weighted by Crippen LogP contribution is 2.24. The van der Waals surface area contributed by atoms with Crippen LogP contribution in [0, 0.1) is 11.7 Å². The van der Waals surface area contributed by atoms with Crippen LogP contribution in [0.2, 0.25) is 0 Å². The molecule has 4 rings (SSSR count). The summed E-state index contributed by atoms with van der Waals surface area (Å²) < 4.78 is 19.9. The molecule has 168 valence electrons. The van der Waals surface area contributed by atoms with Gasteiger partial charge in [0.2, 0.25) is 0 Å². The van der Waals surface area contributed by atoms with Crippen molar-refractivity contribution in [2.75, 3.05) is 32.8 Å². The van der Waals surface area contributed by atoms with Crippen LogP contribution in [0.25, 0.3) is 0 Å². The van der Waals surface area contributed by atoms with Crippen LogP contribution in [-0.2, 0) is 17.8 Å². The van der Waals surface area contributed by atoms with Gasteiger partial charge in [0.25, 0.3) is 0 Å². The minimum Gasteiger partial charge on any atom is -0.377 e. The number of hydrogen-bond donors (Lipinski definition) is 0. The molecule has 0 bridgehead atoms. The Labute approximate surface area is 189 Å². The van der Waals surface area contributed by atoms with Gasteiger partial charge in [-0.1, -0.05) is 18.2 Å². The molecule has 1 atom stereocenters. The number of carbonyl (C=O) groups excluding carboxylic acids is 1. The Morgan fingerprint density at radius 1 is 1.23 bits per heavy atom. The van der Waals surface area contributed by atoms with Gasteiger partial charge in [-0.25, -0.2) is 4.39 Å². The van der Waals surface area contributed by atoms with Gasteiger partial charge in [0.05, 0.1) is 11.0 Å². The number of piperidine rings is 1. The molecule has 4 nitrogen and oxygen atoms in total. The summed E-state index contributed by atoms with van der Waals surface area (Å²) in [6.45, 7) is 8.12. The Morgan fingerprint density at radius 2 is 2.03 bits per heavy atom. The van der Waals surface area contributed by atoms with Crippen LogP contribution in [0.3, 0.4) is 0 Å². The Hall–Kier alpha value is -1.60. The first-order valence-electron chi connectivity index (χ1n) is 11.4. The lowest BCUT2D eigenvalue weighted by molar-refractivity contribution is 0.0570. The number of nitrogens with zero attached hydrogens (tertiary/aromatic N) is 2. The number of likely N-dealkylation sites (tertiary alicyclic amines) is 1. The molecule has 1 aromatic carbocycles. The second-order valence-electron chi connectivity index (χ2n) is 9.02. The quantitative estimate of drug-likeness (QED) is 0.511. The number of Topliss-reactive ketones (excluding diaryl/α,β-unsaturated/α-hetero) is 1. The minimum atomic E-state index is -0.104. The van der Waals surface area contributed by atoms with Gasteiger partial charge in [0.15, 0.2) is 5.78 Å². The summed E-state index contributed by atoms with van der Waals surface area (Å²) in [5.41, 5.74) is 2.02. The standard InChI is InChI=1S/C25H33FN2O2S/c1-19(29)25-13-21(18-31-25)15-28(17-23-6-4-12-30-23)14-20-8-10-27(11-9-20)16-22-5-2-3-7-24(22)26/h2-3,5,7,13,18,20,23H,4,6,8-12,14-17H2,1H3. The highest BCUT2D eigenvalue weighted by molar-refractivity contribution is 7.12. The molecular formula is C25H33FN2O2S. The maximum Gasteiger partial charge on any atom is 0.169 e. The third kappa shape index (κ3) is 6.45. The summed E-state index contributed by atoms with van der Waals surface area (Å²) in [5, 5.41) is 2.12. The highest BCUT2D eigenvalue weighted by atomic mass is 32.1. The van der Waals surface area contributed by atoms with E-state index in [1.165, 1.54) is 5.56 Å². The van der Waals surface area contributed by atoms with Gasteiger partial charge in [-0.3, -0.25) is 14.6 Å². The van der Waals surface area contributed by atoms with Crippen LogP contribution < -0.4 is 0 Å². The van der Waals surface area contributed by atoms with E-state index in [4.69, 9.17) is 4.74 Å². The summed E-state index contributed by atoms with van der Waals surface area (Å²) >= 11 is 1.55. The van der Waals surface area contributed by atoms with E-state index in [0.717, 1.165) is 75.5 Å². The third-order valence-corrected chi connectivity index (χ3v) is 7.55. The number of ether oxygens (including phenoxy) is 1. The molecule has 2 fully saturated rings. The van der Waals surface area contributed by atoms with Crippen molar-refractivity contribution in [1.82, 2.24) is 9.80 Å². The zero-order valence-corrected chi connectivity index (χ0v) is 19.2. The molecule has 2 aliphatic rings. The van der Waals surface area contributed by atoms with E-state index < -0.39 is 0 Å². The van der Waals surface area contributed by atoms with E-state index in [1.807, 2.05) is 18.2 Å². The maximum atomic E-state index is 14.0. The second-order valence-corrected chi connectivity index (χ2v) is 9.93. The van der Waals surface area contributed by atoms with Gasteiger partial charge in [-0.15, -0.1) is 11.3 Å². The van der Waals surface area contributed by atoms with Crippen molar-refractivity contribution in [2.45, 2.75) is 51.8 Å². The van der Waals surface area contributed by atoms with E-state index in [1.54, 1.807) is 30.4 Å². The molecule has 1 aromatic heterocycles. The van der Waals surface area contributed by atoms with Gasteiger partial charge in [-0.2, -0.15) is 0 Å². The molecule has 2 aromatic rings. The zero-order valence-electron chi connectivity index (χ0n) is 18.4.